The average molecular weight is 723 g/mol. The molecule has 0 aliphatic carbocycles. The van der Waals surface area contributed by atoms with Crippen LogP contribution < -0.4 is 0 Å². The summed E-state index contributed by atoms with van der Waals surface area (Å²) in [5.41, 5.74) is 1.35. The van der Waals surface area contributed by atoms with E-state index in [1.54, 1.807) is 67.6 Å². The van der Waals surface area contributed by atoms with Gasteiger partial charge in [0, 0.05) is 6.92 Å². The number of hydrogen-bond donors (Lipinski definition) is 1. The van der Waals surface area contributed by atoms with Crippen LogP contribution in [0.3, 0.4) is 0 Å². The predicted octanol–water partition coefficient (Wildman–Crippen LogP) is 6.14. The van der Waals surface area contributed by atoms with E-state index in [0.29, 0.717) is 5.56 Å². The minimum Gasteiger partial charge on any atom is -0.464 e. The molecule has 3 aromatic rings. The number of rotatable bonds is 13. The van der Waals surface area contributed by atoms with E-state index in [0.717, 1.165) is 5.56 Å². The second kappa shape index (κ2) is 17.6. The number of carbonyl (C=O) groups excluding carboxylic acids is 3. The zero-order valence-corrected chi connectivity index (χ0v) is 28.2. The van der Waals surface area contributed by atoms with Crippen molar-refractivity contribution < 1.29 is 47.5 Å². The van der Waals surface area contributed by atoms with Crippen molar-refractivity contribution in [2.45, 2.75) is 61.1 Å². The van der Waals surface area contributed by atoms with Gasteiger partial charge in [-0.05, 0) is 30.2 Å². The van der Waals surface area contributed by atoms with Gasteiger partial charge in [-0.3, -0.25) is 10.2 Å². The maximum atomic E-state index is 13.6. The van der Waals surface area contributed by atoms with Crippen LogP contribution in [-0.2, 0) is 49.4 Å². The SMILES string of the molecule is CCOC(=O)[C@H](O[C@H]1[C@@H](OC(=N)C(Cl)(Cl)Cl)O[C@H](COC(C)=O)[C@@H](OCc2ccccc2)[C@@H]1OC(=O)c1ccccc1)c1ccccc1. The van der Waals surface area contributed by atoms with Gasteiger partial charge in [0.25, 0.3) is 3.79 Å². The van der Waals surface area contributed by atoms with Crippen molar-refractivity contribution in [3.05, 3.63) is 108 Å². The number of halogens is 3. The van der Waals surface area contributed by atoms with Gasteiger partial charge in [-0.15, -0.1) is 0 Å². The molecule has 11 nitrogen and oxygen atoms in total. The van der Waals surface area contributed by atoms with Gasteiger partial charge in [-0.2, -0.15) is 0 Å². The minimum absolute atomic E-state index is 0.00697. The van der Waals surface area contributed by atoms with E-state index < -0.39 is 64.4 Å². The second-order valence-electron chi connectivity index (χ2n) is 10.4. The summed E-state index contributed by atoms with van der Waals surface area (Å²) >= 11 is 17.9. The number of alkyl halides is 3. The molecule has 256 valence electrons. The number of carbonyl (C=O) groups is 3. The molecule has 1 saturated heterocycles. The van der Waals surface area contributed by atoms with Crippen molar-refractivity contribution in [2.24, 2.45) is 0 Å². The molecule has 0 aromatic heterocycles. The first kappa shape index (κ1) is 37.1. The maximum Gasteiger partial charge on any atom is 0.339 e. The van der Waals surface area contributed by atoms with Crippen molar-refractivity contribution in [3.63, 3.8) is 0 Å². The fourth-order valence-electron chi connectivity index (χ4n) is 4.78. The molecule has 0 bridgehead atoms. The van der Waals surface area contributed by atoms with Gasteiger partial charge in [-0.1, -0.05) is 114 Å². The molecule has 0 spiro atoms. The van der Waals surface area contributed by atoms with Crippen LogP contribution in [0.15, 0.2) is 91.0 Å². The molecule has 14 heteroatoms. The maximum absolute atomic E-state index is 13.6. The molecular weight excluding hydrogens is 689 g/mol. The van der Waals surface area contributed by atoms with Crippen molar-refractivity contribution >= 4 is 58.6 Å². The summed E-state index contributed by atoms with van der Waals surface area (Å²) in [5, 5.41) is 8.32. The zero-order chi connectivity index (χ0) is 34.7. The molecule has 0 saturated carbocycles. The summed E-state index contributed by atoms with van der Waals surface area (Å²) in [4.78, 5) is 38.9. The molecule has 6 atom stereocenters. The van der Waals surface area contributed by atoms with Gasteiger partial charge in [0.1, 0.15) is 18.8 Å². The lowest BCUT2D eigenvalue weighted by Gasteiger charge is -2.45. The Labute approximate surface area is 292 Å². The van der Waals surface area contributed by atoms with Crippen LogP contribution in [0.25, 0.3) is 0 Å². The third kappa shape index (κ3) is 10.4. The lowest BCUT2D eigenvalue weighted by Crippen LogP contribution is -2.63. The average Bonchev–Trinajstić information content (AvgIpc) is 3.07. The predicted molar refractivity (Wildman–Crippen MR) is 176 cm³/mol. The van der Waals surface area contributed by atoms with Crippen molar-refractivity contribution in [3.8, 4) is 0 Å². The Balaban J connectivity index is 1.83. The molecule has 0 unspecified atom stereocenters. The summed E-state index contributed by atoms with van der Waals surface area (Å²) in [5.74, 6) is -3.04. The highest BCUT2D eigenvalue weighted by Crippen LogP contribution is 2.36. The molecule has 0 radical (unpaired) electrons. The second-order valence-corrected chi connectivity index (χ2v) is 12.7. The molecule has 4 rings (SSSR count). The molecular formula is C34H34Cl3NO10. The van der Waals surface area contributed by atoms with E-state index in [-0.39, 0.29) is 25.4 Å². The fourth-order valence-corrected chi connectivity index (χ4v) is 4.91. The fraction of sp³-hybridized carbons (Fsp3) is 0.353. The van der Waals surface area contributed by atoms with Crippen molar-refractivity contribution in [1.82, 2.24) is 0 Å². The van der Waals surface area contributed by atoms with E-state index >= 15 is 0 Å². The lowest BCUT2D eigenvalue weighted by molar-refractivity contribution is -0.306. The molecule has 48 heavy (non-hydrogen) atoms. The molecule has 1 heterocycles. The van der Waals surface area contributed by atoms with E-state index in [4.69, 9.17) is 73.4 Å². The van der Waals surface area contributed by atoms with Crippen LogP contribution in [0.2, 0.25) is 0 Å². The van der Waals surface area contributed by atoms with E-state index in [9.17, 15) is 14.4 Å². The van der Waals surface area contributed by atoms with Crippen LogP contribution in [0.1, 0.15) is 41.4 Å². The topological polar surface area (TPSA) is 140 Å². The molecule has 0 amide bonds. The van der Waals surface area contributed by atoms with E-state index in [1.165, 1.54) is 6.92 Å². The number of hydrogen-bond acceptors (Lipinski definition) is 11. The van der Waals surface area contributed by atoms with Crippen LogP contribution >= 0.6 is 34.8 Å². The van der Waals surface area contributed by atoms with Gasteiger partial charge < -0.3 is 33.2 Å². The highest BCUT2D eigenvalue weighted by atomic mass is 35.6. The third-order valence-corrected chi connectivity index (χ3v) is 7.48. The minimum atomic E-state index is -2.34. The Bertz CT molecular complexity index is 1510. The van der Waals surface area contributed by atoms with Crippen LogP contribution in [0.5, 0.6) is 0 Å². The normalized spacial score (nSPS) is 21.4. The standard InChI is InChI=1S/C34H34Cl3NO10/c1-3-42-31(41)26(23-15-9-5-10-16-23)46-29-28(47-30(40)24-17-11-6-12-18-24)27(44-19-22-13-7-4-8-14-22)25(20-43-21(2)39)45-32(29)48-33(38)34(35,36)37/h4-18,25-29,32,38H,3,19-20H2,1-2H3/t25-,26-,27-,28+,29-,32-/m1/s1. The Kier molecular flexibility index (Phi) is 13.6. The van der Waals surface area contributed by atoms with Crippen LogP contribution in [-0.4, -0.2) is 71.5 Å². The molecule has 1 N–H and O–H groups in total. The third-order valence-electron chi connectivity index (χ3n) is 6.97. The first-order valence-corrected chi connectivity index (χ1v) is 16.0. The first-order valence-electron chi connectivity index (χ1n) is 14.9. The van der Waals surface area contributed by atoms with Gasteiger partial charge in [0.2, 0.25) is 12.2 Å². The quantitative estimate of drug-likeness (QED) is 0.0720. The molecule has 1 aliphatic rings. The van der Waals surface area contributed by atoms with Gasteiger partial charge in [-0.25, -0.2) is 9.59 Å². The summed E-state index contributed by atoms with van der Waals surface area (Å²) in [6.45, 7) is 2.49. The molecule has 1 aliphatic heterocycles. The zero-order valence-electron chi connectivity index (χ0n) is 26.0. The highest BCUT2D eigenvalue weighted by molar-refractivity contribution is 6.76. The van der Waals surface area contributed by atoms with E-state index in [2.05, 4.69) is 0 Å². The number of ether oxygens (including phenoxy) is 7. The number of esters is 3. The number of nitrogens with one attached hydrogen (secondary N) is 1. The summed E-state index contributed by atoms with van der Waals surface area (Å²) in [6, 6.07) is 25.7. The largest absolute Gasteiger partial charge is 0.464 e. The smallest absolute Gasteiger partial charge is 0.339 e. The summed E-state index contributed by atoms with van der Waals surface area (Å²) in [7, 11) is 0. The number of benzene rings is 3. The van der Waals surface area contributed by atoms with Gasteiger partial charge >= 0.3 is 17.9 Å². The molecule has 1 fully saturated rings. The van der Waals surface area contributed by atoms with Crippen LogP contribution in [0.4, 0.5) is 0 Å². The lowest BCUT2D eigenvalue weighted by atomic mass is 9.97. The highest BCUT2D eigenvalue weighted by Gasteiger charge is 2.54. The molecule has 3 aromatic carbocycles. The van der Waals surface area contributed by atoms with E-state index in [1.807, 2.05) is 30.3 Å². The van der Waals surface area contributed by atoms with Gasteiger partial charge in [0.15, 0.2) is 18.3 Å². The van der Waals surface area contributed by atoms with Crippen molar-refractivity contribution in [2.75, 3.05) is 13.2 Å². The summed E-state index contributed by atoms with van der Waals surface area (Å²) < 4.78 is 39.0. The first-order chi connectivity index (χ1) is 23.0. The monoisotopic (exact) mass is 721 g/mol. The Hall–Kier alpha value is -3.71. The summed E-state index contributed by atoms with van der Waals surface area (Å²) in [6.07, 6.45) is -8.37. The Morgan fingerprint density at radius 3 is 2.02 bits per heavy atom. The Morgan fingerprint density at radius 1 is 0.833 bits per heavy atom. The van der Waals surface area contributed by atoms with Crippen molar-refractivity contribution in [1.29, 1.82) is 5.41 Å². The van der Waals surface area contributed by atoms with Crippen LogP contribution in [0, 0.1) is 5.41 Å². The van der Waals surface area contributed by atoms with Gasteiger partial charge in [0.05, 0.1) is 18.8 Å². The Morgan fingerprint density at radius 2 is 1.44 bits per heavy atom.